The van der Waals surface area contributed by atoms with Gasteiger partial charge in [0, 0.05) is 17.2 Å². The van der Waals surface area contributed by atoms with Gasteiger partial charge < -0.3 is 9.84 Å². The highest BCUT2D eigenvalue weighted by Crippen LogP contribution is 2.39. The van der Waals surface area contributed by atoms with Gasteiger partial charge in [-0.05, 0) is 37.1 Å². The third-order valence-electron chi connectivity index (χ3n) is 3.87. The van der Waals surface area contributed by atoms with E-state index in [2.05, 4.69) is 15.5 Å². The Labute approximate surface area is 143 Å². The summed E-state index contributed by atoms with van der Waals surface area (Å²) in [6, 6.07) is 14.3. The smallest absolute Gasteiger partial charge is 0.257 e. The molecular formula is C18H14ClN3O2. The molecule has 5 nitrogen and oxygen atoms in total. The van der Waals surface area contributed by atoms with Crippen LogP contribution in [0.5, 0.6) is 0 Å². The molecule has 1 aliphatic carbocycles. The zero-order chi connectivity index (χ0) is 16.5. The van der Waals surface area contributed by atoms with Crippen molar-refractivity contribution in [3.63, 3.8) is 0 Å². The second-order valence-corrected chi connectivity index (χ2v) is 6.15. The maximum absolute atomic E-state index is 12.3. The Morgan fingerprint density at radius 2 is 2.00 bits per heavy atom. The van der Waals surface area contributed by atoms with Gasteiger partial charge in [-0.1, -0.05) is 41.0 Å². The lowest BCUT2D eigenvalue weighted by Crippen LogP contribution is -2.12. The van der Waals surface area contributed by atoms with Crippen LogP contribution in [-0.4, -0.2) is 16.0 Å². The molecule has 0 unspecified atom stereocenters. The minimum atomic E-state index is -0.260. The number of benzene rings is 2. The van der Waals surface area contributed by atoms with Crippen LogP contribution in [0.25, 0.3) is 11.4 Å². The highest BCUT2D eigenvalue weighted by Gasteiger charge is 2.29. The summed E-state index contributed by atoms with van der Waals surface area (Å²) in [6.07, 6.45) is 2.21. The predicted octanol–water partition coefficient (Wildman–Crippen LogP) is 4.52. The summed E-state index contributed by atoms with van der Waals surface area (Å²) < 4.78 is 5.28. The van der Waals surface area contributed by atoms with Crippen molar-refractivity contribution < 1.29 is 9.32 Å². The van der Waals surface area contributed by atoms with Crippen LogP contribution >= 0.6 is 11.6 Å². The van der Waals surface area contributed by atoms with Crippen LogP contribution in [0.2, 0.25) is 5.02 Å². The lowest BCUT2D eigenvalue weighted by molar-refractivity contribution is 0.102. The van der Waals surface area contributed by atoms with E-state index >= 15 is 0 Å². The van der Waals surface area contributed by atoms with E-state index in [1.807, 2.05) is 18.2 Å². The van der Waals surface area contributed by atoms with Crippen molar-refractivity contribution in [2.45, 2.75) is 18.8 Å². The van der Waals surface area contributed by atoms with Gasteiger partial charge in [0.15, 0.2) is 0 Å². The fourth-order valence-corrected chi connectivity index (χ4v) is 2.65. The summed E-state index contributed by atoms with van der Waals surface area (Å²) in [7, 11) is 0. The van der Waals surface area contributed by atoms with Gasteiger partial charge >= 0.3 is 0 Å². The lowest BCUT2D eigenvalue weighted by atomic mass is 10.1. The molecule has 0 atom stereocenters. The first-order valence-corrected chi connectivity index (χ1v) is 8.08. The van der Waals surface area contributed by atoms with Gasteiger partial charge in [-0.3, -0.25) is 4.79 Å². The maximum Gasteiger partial charge on any atom is 0.257 e. The SMILES string of the molecule is O=C(Nc1cccc(-c2noc(C3CC3)n2)c1)c1ccccc1Cl. The lowest BCUT2D eigenvalue weighted by Gasteiger charge is -2.07. The van der Waals surface area contributed by atoms with E-state index in [0.717, 1.165) is 18.4 Å². The molecule has 2 aromatic carbocycles. The van der Waals surface area contributed by atoms with E-state index in [0.29, 0.717) is 33.9 Å². The third-order valence-corrected chi connectivity index (χ3v) is 4.20. The van der Waals surface area contributed by atoms with Gasteiger partial charge in [-0.15, -0.1) is 0 Å². The molecule has 1 fully saturated rings. The molecule has 1 saturated carbocycles. The average Bonchev–Trinajstić information content (AvgIpc) is 3.32. The van der Waals surface area contributed by atoms with Crippen LogP contribution in [0.3, 0.4) is 0 Å². The number of aromatic nitrogens is 2. The third kappa shape index (κ3) is 3.03. The fourth-order valence-electron chi connectivity index (χ4n) is 2.43. The summed E-state index contributed by atoms with van der Waals surface area (Å²) in [4.78, 5) is 16.8. The molecule has 0 spiro atoms. The first kappa shape index (κ1) is 14.9. The van der Waals surface area contributed by atoms with E-state index in [9.17, 15) is 4.79 Å². The number of hydrogen-bond acceptors (Lipinski definition) is 4. The zero-order valence-corrected chi connectivity index (χ0v) is 13.5. The summed E-state index contributed by atoms with van der Waals surface area (Å²) in [5, 5.41) is 7.28. The monoisotopic (exact) mass is 339 g/mol. The van der Waals surface area contributed by atoms with E-state index in [1.54, 1.807) is 30.3 Å². The molecule has 3 aromatic rings. The van der Waals surface area contributed by atoms with Crippen LogP contribution in [0.4, 0.5) is 5.69 Å². The van der Waals surface area contributed by atoms with Crippen molar-refractivity contribution in [3.8, 4) is 11.4 Å². The molecule has 0 saturated heterocycles. The van der Waals surface area contributed by atoms with E-state index in [-0.39, 0.29) is 5.91 Å². The molecule has 24 heavy (non-hydrogen) atoms. The van der Waals surface area contributed by atoms with Crippen molar-refractivity contribution in [3.05, 3.63) is 65.0 Å². The zero-order valence-electron chi connectivity index (χ0n) is 12.7. The molecule has 1 aromatic heterocycles. The van der Waals surface area contributed by atoms with E-state index < -0.39 is 0 Å². The summed E-state index contributed by atoms with van der Waals surface area (Å²) >= 11 is 6.06. The number of nitrogens with zero attached hydrogens (tertiary/aromatic N) is 2. The molecule has 0 aliphatic heterocycles. The van der Waals surface area contributed by atoms with Crippen molar-refractivity contribution in [2.75, 3.05) is 5.32 Å². The summed E-state index contributed by atoms with van der Waals surface area (Å²) in [5.41, 5.74) is 1.87. The Balaban J connectivity index is 1.56. The average molecular weight is 340 g/mol. The van der Waals surface area contributed by atoms with Crippen LogP contribution in [0.15, 0.2) is 53.1 Å². The Morgan fingerprint density at radius 1 is 1.17 bits per heavy atom. The number of carbonyl (C=O) groups is 1. The molecule has 1 amide bonds. The summed E-state index contributed by atoms with van der Waals surface area (Å²) in [6.45, 7) is 0. The van der Waals surface area contributed by atoms with E-state index in [1.165, 1.54) is 0 Å². The normalized spacial score (nSPS) is 13.7. The highest BCUT2D eigenvalue weighted by molar-refractivity contribution is 6.34. The largest absolute Gasteiger partial charge is 0.339 e. The number of halogens is 1. The number of nitrogens with one attached hydrogen (secondary N) is 1. The molecule has 6 heteroatoms. The first-order valence-electron chi connectivity index (χ1n) is 7.70. The molecule has 120 valence electrons. The predicted molar refractivity (Wildman–Crippen MR) is 91.1 cm³/mol. The summed E-state index contributed by atoms with van der Waals surface area (Å²) in [5.74, 6) is 1.38. The van der Waals surface area contributed by atoms with Gasteiger partial charge in [-0.2, -0.15) is 4.98 Å². The number of amides is 1. The van der Waals surface area contributed by atoms with Crippen LogP contribution in [0.1, 0.15) is 35.0 Å². The fraction of sp³-hybridized carbons (Fsp3) is 0.167. The molecule has 1 N–H and O–H groups in total. The Morgan fingerprint density at radius 3 is 2.79 bits per heavy atom. The Bertz CT molecular complexity index is 903. The molecule has 0 bridgehead atoms. The van der Waals surface area contributed by atoms with Crippen LogP contribution in [0, 0.1) is 0 Å². The minimum absolute atomic E-state index is 0.260. The number of anilines is 1. The van der Waals surface area contributed by atoms with Gasteiger partial charge in [-0.25, -0.2) is 0 Å². The van der Waals surface area contributed by atoms with Crippen molar-refractivity contribution in [2.24, 2.45) is 0 Å². The topological polar surface area (TPSA) is 68.0 Å². The van der Waals surface area contributed by atoms with Crippen molar-refractivity contribution in [1.29, 1.82) is 0 Å². The maximum atomic E-state index is 12.3. The standard InChI is InChI=1S/C18H14ClN3O2/c19-15-7-2-1-6-14(15)17(23)20-13-5-3-4-12(10-13)16-21-18(24-22-16)11-8-9-11/h1-7,10-11H,8-9H2,(H,20,23). The minimum Gasteiger partial charge on any atom is -0.339 e. The van der Waals surface area contributed by atoms with Gasteiger partial charge in [0.2, 0.25) is 11.7 Å². The quantitative estimate of drug-likeness (QED) is 0.758. The molecule has 1 aliphatic rings. The molecular weight excluding hydrogens is 326 g/mol. The highest BCUT2D eigenvalue weighted by atomic mass is 35.5. The van der Waals surface area contributed by atoms with Crippen molar-refractivity contribution >= 4 is 23.2 Å². The first-order chi connectivity index (χ1) is 11.7. The number of carbonyl (C=O) groups excluding carboxylic acids is 1. The number of hydrogen-bond donors (Lipinski definition) is 1. The Hall–Kier alpha value is -2.66. The van der Waals surface area contributed by atoms with Gasteiger partial charge in [0.25, 0.3) is 5.91 Å². The van der Waals surface area contributed by atoms with Crippen LogP contribution in [-0.2, 0) is 0 Å². The van der Waals surface area contributed by atoms with Crippen LogP contribution < -0.4 is 5.32 Å². The van der Waals surface area contributed by atoms with Gasteiger partial charge in [0.05, 0.1) is 10.6 Å². The van der Waals surface area contributed by atoms with E-state index in [4.69, 9.17) is 16.1 Å². The number of rotatable bonds is 4. The second kappa shape index (κ2) is 6.09. The molecule has 0 radical (unpaired) electrons. The molecule has 1 heterocycles. The van der Waals surface area contributed by atoms with Gasteiger partial charge in [0.1, 0.15) is 0 Å². The molecule has 4 rings (SSSR count). The second-order valence-electron chi connectivity index (χ2n) is 5.75. The Kier molecular flexibility index (Phi) is 3.78. The van der Waals surface area contributed by atoms with Crippen molar-refractivity contribution in [1.82, 2.24) is 10.1 Å².